The fraction of sp³-hybridized carbons (Fsp3) is 0.0870. The Hall–Kier alpha value is -2.28. The van der Waals surface area contributed by atoms with Gasteiger partial charge in [-0.05, 0) is 53.4 Å². The fourth-order valence-corrected chi connectivity index (χ4v) is 3.96. The molecule has 25 heavy (non-hydrogen) atoms. The van der Waals surface area contributed by atoms with Crippen LogP contribution < -0.4 is 0 Å². The molecule has 2 heteroatoms. The van der Waals surface area contributed by atoms with Gasteiger partial charge in [-0.2, -0.15) is 0 Å². The minimum absolute atomic E-state index is 0. The van der Waals surface area contributed by atoms with Gasteiger partial charge in [0.15, 0.2) is 0 Å². The number of benzene rings is 3. The molecule has 1 aromatic heterocycles. The van der Waals surface area contributed by atoms with Crippen LogP contribution in [-0.2, 0) is 20.1 Å². The van der Waals surface area contributed by atoms with Crippen LogP contribution in [0.5, 0.6) is 0 Å². The van der Waals surface area contributed by atoms with E-state index in [1.165, 1.54) is 38.8 Å². The average molecular weight is 499 g/mol. The third kappa shape index (κ3) is 2.22. The Morgan fingerprint density at radius 3 is 2.24 bits per heavy atom. The van der Waals surface area contributed by atoms with Gasteiger partial charge in [-0.1, -0.05) is 35.9 Å². The molecule has 4 aromatic rings. The molecule has 1 aliphatic carbocycles. The zero-order valence-electron chi connectivity index (χ0n) is 14.1. The van der Waals surface area contributed by atoms with Crippen LogP contribution in [0.25, 0.3) is 44.4 Å². The van der Waals surface area contributed by atoms with E-state index in [4.69, 9.17) is 4.98 Å². The Labute approximate surface area is 161 Å². The van der Waals surface area contributed by atoms with E-state index in [0.29, 0.717) is 0 Å². The molecule has 1 aliphatic rings. The molecule has 0 saturated heterocycles. The van der Waals surface area contributed by atoms with E-state index >= 15 is 0 Å². The van der Waals surface area contributed by atoms with E-state index in [-0.39, 0.29) is 20.1 Å². The van der Waals surface area contributed by atoms with Gasteiger partial charge in [0.1, 0.15) is 0 Å². The van der Waals surface area contributed by atoms with Crippen molar-refractivity contribution in [1.82, 2.24) is 4.98 Å². The number of nitrogens with zero attached hydrogens (tertiary/aromatic N) is 1. The van der Waals surface area contributed by atoms with Gasteiger partial charge in [0.2, 0.25) is 0 Å². The van der Waals surface area contributed by atoms with Crippen molar-refractivity contribution in [2.45, 2.75) is 13.8 Å². The zero-order valence-corrected chi connectivity index (χ0v) is 16.4. The molecule has 1 radical (unpaired) electrons. The van der Waals surface area contributed by atoms with Gasteiger partial charge in [0.05, 0.1) is 5.52 Å². The number of rotatable bonds is 1. The predicted molar refractivity (Wildman–Crippen MR) is 99.9 cm³/mol. The summed E-state index contributed by atoms with van der Waals surface area (Å²) in [6.45, 7) is 4.38. The van der Waals surface area contributed by atoms with Crippen molar-refractivity contribution in [2.24, 2.45) is 0 Å². The number of fused-ring (bicyclic) bond motifs is 3. The fourth-order valence-electron chi connectivity index (χ4n) is 3.96. The third-order valence-corrected chi connectivity index (χ3v) is 5.03. The van der Waals surface area contributed by atoms with E-state index < -0.39 is 0 Å². The monoisotopic (exact) mass is 499 g/mol. The van der Waals surface area contributed by atoms with Crippen molar-refractivity contribution in [3.05, 3.63) is 77.9 Å². The summed E-state index contributed by atoms with van der Waals surface area (Å²) in [4.78, 5) is 5.00. The van der Waals surface area contributed by atoms with Crippen LogP contribution in [0.3, 0.4) is 0 Å². The van der Waals surface area contributed by atoms with Crippen LogP contribution >= 0.6 is 0 Å². The summed E-state index contributed by atoms with van der Waals surface area (Å²) in [7, 11) is 0. The molecule has 0 unspecified atom stereocenters. The Bertz CT molecular complexity index is 1110. The molecule has 0 N–H and O–H groups in total. The molecule has 5 rings (SSSR count). The summed E-state index contributed by atoms with van der Waals surface area (Å²) in [5.41, 5.74) is 11.0. The molecule has 0 atom stereocenters. The molecule has 0 spiro atoms. The number of aromatic nitrogens is 1. The minimum atomic E-state index is 0. The molecule has 3 aromatic carbocycles. The first kappa shape index (κ1) is 16.2. The summed E-state index contributed by atoms with van der Waals surface area (Å²) in [5, 5.41) is 1.30. The van der Waals surface area contributed by atoms with E-state index in [2.05, 4.69) is 62.4 Å². The summed E-state index contributed by atoms with van der Waals surface area (Å²) >= 11 is 0. The van der Waals surface area contributed by atoms with Gasteiger partial charge >= 0.3 is 0 Å². The van der Waals surface area contributed by atoms with Crippen molar-refractivity contribution in [3.63, 3.8) is 0 Å². The number of aryl methyl sites for hydroxylation is 1. The number of hydrogen-bond acceptors (Lipinski definition) is 1. The van der Waals surface area contributed by atoms with Crippen LogP contribution in [0.4, 0.5) is 0 Å². The quantitative estimate of drug-likeness (QED) is 0.260. The predicted octanol–water partition coefficient (Wildman–Crippen LogP) is 5.96. The first-order valence-corrected chi connectivity index (χ1v) is 8.26. The number of hydrogen-bond donors (Lipinski definition) is 0. The molecule has 0 fully saturated rings. The van der Waals surface area contributed by atoms with Crippen LogP contribution in [-0.4, -0.2) is 4.98 Å². The molecular weight excluding hydrogens is 482 g/mol. The van der Waals surface area contributed by atoms with E-state index in [1.807, 2.05) is 18.2 Å². The van der Waals surface area contributed by atoms with E-state index in [0.717, 1.165) is 16.8 Å². The Morgan fingerprint density at radius 1 is 0.800 bits per heavy atom. The van der Waals surface area contributed by atoms with Crippen LogP contribution in [0.1, 0.15) is 11.1 Å². The first-order valence-electron chi connectivity index (χ1n) is 8.26. The molecule has 0 amide bonds. The van der Waals surface area contributed by atoms with Crippen LogP contribution in [0.15, 0.2) is 60.7 Å². The summed E-state index contributed by atoms with van der Waals surface area (Å²) in [6, 6.07) is 24.5. The average Bonchev–Trinajstić information content (AvgIpc) is 2.98. The minimum Gasteiger partial charge on any atom is -0.296 e. The molecule has 0 aliphatic heterocycles. The Balaban J connectivity index is 0.00000157. The SMILES string of the molecule is Cc1ccc2nc(-c3[c-]cccc3)c(C)c3c2c1-c1ccccc1-3.[Ir]. The van der Waals surface area contributed by atoms with Gasteiger partial charge in [0, 0.05) is 25.5 Å². The maximum absolute atomic E-state index is 5.00. The summed E-state index contributed by atoms with van der Waals surface area (Å²) < 4.78 is 0. The van der Waals surface area contributed by atoms with E-state index in [1.54, 1.807) is 0 Å². The maximum Gasteiger partial charge on any atom is 0.0608 e. The maximum atomic E-state index is 5.00. The van der Waals surface area contributed by atoms with Crippen molar-refractivity contribution in [2.75, 3.05) is 0 Å². The van der Waals surface area contributed by atoms with Gasteiger partial charge < -0.3 is 0 Å². The van der Waals surface area contributed by atoms with Crippen molar-refractivity contribution in [3.8, 4) is 33.5 Å². The molecular formula is C23H16IrN-. The second-order valence-electron chi connectivity index (χ2n) is 6.43. The Morgan fingerprint density at radius 2 is 1.52 bits per heavy atom. The standard InChI is InChI=1S/C23H16N.Ir/c1-14-12-13-19-22-20(14)17-10-6-7-11-18(17)21(22)15(2)23(24-19)16-8-4-3-5-9-16;/h3-8,10-13H,1-2H3;/q-1;. The Kier molecular flexibility index (Phi) is 3.83. The molecule has 0 saturated carbocycles. The van der Waals surface area contributed by atoms with Crippen molar-refractivity contribution in [1.29, 1.82) is 0 Å². The molecule has 1 nitrogen and oxygen atoms in total. The van der Waals surface area contributed by atoms with Gasteiger partial charge in [-0.25, -0.2) is 0 Å². The van der Waals surface area contributed by atoms with Crippen LogP contribution in [0, 0.1) is 19.9 Å². The second kappa shape index (κ2) is 5.91. The van der Waals surface area contributed by atoms with Crippen molar-refractivity contribution >= 4 is 10.9 Å². The molecule has 1 heterocycles. The normalized spacial score (nSPS) is 11.3. The summed E-state index contributed by atoms with van der Waals surface area (Å²) in [5.74, 6) is 0. The largest absolute Gasteiger partial charge is 0.296 e. The molecule has 0 bridgehead atoms. The summed E-state index contributed by atoms with van der Waals surface area (Å²) in [6.07, 6.45) is 0. The van der Waals surface area contributed by atoms with Crippen LogP contribution in [0.2, 0.25) is 0 Å². The second-order valence-corrected chi connectivity index (χ2v) is 6.43. The van der Waals surface area contributed by atoms with Gasteiger partial charge in [0.25, 0.3) is 0 Å². The van der Waals surface area contributed by atoms with Gasteiger partial charge in [-0.3, -0.25) is 4.98 Å². The molecule has 123 valence electrons. The third-order valence-electron chi connectivity index (χ3n) is 5.03. The van der Waals surface area contributed by atoms with Crippen molar-refractivity contribution < 1.29 is 20.1 Å². The topological polar surface area (TPSA) is 12.9 Å². The number of pyridine rings is 1. The van der Waals surface area contributed by atoms with E-state index in [9.17, 15) is 0 Å². The van der Waals surface area contributed by atoms with Gasteiger partial charge in [-0.15, -0.1) is 35.9 Å². The smallest absolute Gasteiger partial charge is 0.0608 e. The zero-order chi connectivity index (χ0) is 16.3. The first-order chi connectivity index (χ1) is 11.8.